The van der Waals surface area contributed by atoms with Gasteiger partial charge in [-0.3, -0.25) is 4.79 Å². The van der Waals surface area contributed by atoms with E-state index in [1.54, 1.807) is 38.1 Å². The molecule has 3 N–H and O–H groups in total. The SMILES string of the molecule is CCOC(=O)C(CO)NC(=O)CCC(NC(=O)OCc1ccccc1)C(=O)OCC. The molecule has 10 heteroatoms. The molecule has 0 saturated carbocycles. The minimum absolute atomic E-state index is 0.0143. The molecule has 10 nitrogen and oxygen atoms in total. The zero-order valence-electron chi connectivity index (χ0n) is 17.1. The molecule has 30 heavy (non-hydrogen) atoms. The first-order valence-corrected chi connectivity index (χ1v) is 9.61. The summed E-state index contributed by atoms with van der Waals surface area (Å²) in [4.78, 5) is 47.8. The fourth-order valence-electron chi connectivity index (χ4n) is 2.36. The Hall–Kier alpha value is -3.14. The van der Waals surface area contributed by atoms with Gasteiger partial charge in [-0.25, -0.2) is 14.4 Å². The normalized spacial score (nSPS) is 12.2. The van der Waals surface area contributed by atoms with Gasteiger partial charge in [0.15, 0.2) is 6.04 Å². The van der Waals surface area contributed by atoms with Crippen molar-refractivity contribution in [2.24, 2.45) is 0 Å². The lowest BCUT2D eigenvalue weighted by Crippen LogP contribution is -2.46. The maximum absolute atomic E-state index is 12.1. The van der Waals surface area contributed by atoms with Crippen molar-refractivity contribution in [2.45, 2.75) is 45.4 Å². The first-order valence-electron chi connectivity index (χ1n) is 9.61. The summed E-state index contributed by atoms with van der Waals surface area (Å²) < 4.78 is 14.7. The molecule has 0 fully saturated rings. The number of nitrogens with one attached hydrogen (secondary N) is 2. The van der Waals surface area contributed by atoms with E-state index in [-0.39, 0.29) is 32.7 Å². The molecule has 0 heterocycles. The van der Waals surface area contributed by atoms with E-state index >= 15 is 0 Å². The quantitative estimate of drug-likeness (QED) is 0.328. The standard InChI is InChI=1S/C20H28N2O8/c1-3-28-18(25)15(22-20(27)30-13-14-8-6-5-7-9-14)10-11-17(24)21-16(12-23)19(26)29-4-2/h5-9,15-16,23H,3-4,10-13H2,1-2H3,(H,21,24)(H,22,27). The van der Waals surface area contributed by atoms with Gasteiger partial charge in [0.1, 0.15) is 12.6 Å². The molecule has 0 aliphatic heterocycles. The maximum atomic E-state index is 12.1. The first kappa shape index (κ1) is 24.9. The second-order valence-corrected chi connectivity index (χ2v) is 6.10. The van der Waals surface area contributed by atoms with Crippen molar-refractivity contribution in [2.75, 3.05) is 19.8 Å². The summed E-state index contributed by atoms with van der Waals surface area (Å²) in [5.41, 5.74) is 0.772. The third-order valence-corrected chi connectivity index (χ3v) is 3.82. The summed E-state index contributed by atoms with van der Waals surface area (Å²) in [5, 5.41) is 13.9. The molecule has 0 aliphatic carbocycles. The number of alkyl carbamates (subject to hydrolysis) is 1. The van der Waals surface area contributed by atoms with E-state index in [2.05, 4.69) is 10.6 Å². The van der Waals surface area contributed by atoms with Gasteiger partial charge in [-0.1, -0.05) is 30.3 Å². The molecule has 0 saturated heterocycles. The largest absolute Gasteiger partial charge is 0.464 e. The molecular weight excluding hydrogens is 396 g/mol. The van der Waals surface area contributed by atoms with E-state index in [9.17, 15) is 24.3 Å². The highest BCUT2D eigenvalue weighted by Crippen LogP contribution is 2.05. The van der Waals surface area contributed by atoms with Crippen LogP contribution in [-0.2, 0) is 35.2 Å². The Morgan fingerprint density at radius 2 is 1.50 bits per heavy atom. The lowest BCUT2D eigenvalue weighted by atomic mass is 10.1. The molecule has 0 radical (unpaired) electrons. The molecule has 1 rings (SSSR count). The van der Waals surface area contributed by atoms with Crippen molar-refractivity contribution in [3.05, 3.63) is 35.9 Å². The highest BCUT2D eigenvalue weighted by Gasteiger charge is 2.26. The van der Waals surface area contributed by atoms with Crippen molar-refractivity contribution in [3.8, 4) is 0 Å². The Labute approximate surface area is 174 Å². The van der Waals surface area contributed by atoms with Crippen LogP contribution in [0.25, 0.3) is 0 Å². The van der Waals surface area contributed by atoms with Crippen molar-refractivity contribution >= 4 is 23.9 Å². The summed E-state index contributed by atoms with van der Waals surface area (Å²) in [6.45, 7) is 2.79. The van der Waals surface area contributed by atoms with Gasteiger partial charge in [0, 0.05) is 6.42 Å². The van der Waals surface area contributed by atoms with E-state index in [1.165, 1.54) is 0 Å². The number of esters is 2. The van der Waals surface area contributed by atoms with Crippen LogP contribution in [0.2, 0.25) is 0 Å². The van der Waals surface area contributed by atoms with Crippen molar-refractivity contribution in [1.82, 2.24) is 10.6 Å². The number of amides is 2. The number of aliphatic hydroxyl groups is 1. The predicted octanol–water partition coefficient (Wildman–Crippen LogP) is 0.665. The van der Waals surface area contributed by atoms with E-state index in [0.29, 0.717) is 0 Å². The van der Waals surface area contributed by atoms with Gasteiger partial charge in [-0.05, 0) is 25.8 Å². The minimum atomic E-state index is -1.21. The second-order valence-electron chi connectivity index (χ2n) is 6.10. The van der Waals surface area contributed by atoms with Gasteiger partial charge < -0.3 is 30.0 Å². The van der Waals surface area contributed by atoms with Gasteiger partial charge in [0.2, 0.25) is 5.91 Å². The molecule has 1 aromatic carbocycles. The molecule has 0 aliphatic rings. The van der Waals surface area contributed by atoms with Crippen molar-refractivity contribution < 1.29 is 38.5 Å². The van der Waals surface area contributed by atoms with E-state index in [0.717, 1.165) is 5.56 Å². The summed E-state index contributed by atoms with van der Waals surface area (Å²) in [6.07, 6.45) is -1.14. The van der Waals surface area contributed by atoms with Crippen molar-refractivity contribution in [1.29, 1.82) is 0 Å². The van der Waals surface area contributed by atoms with Crippen LogP contribution in [0.15, 0.2) is 30.3 Å². The molecule has 166 valence electrons. The smallest absolute Gasteiger partial charge is 0.408 e. The van der Waals surface area contributed by atoms with Gasteiger partial charge in [-0.2, -0.15) is 0 Å². The topological polar surface area (TPSA) is 140 Å². The van der Waals surface area contributed by atoms with E-state index in [4.69, 9.17) is 14.2 Å². The van der Waals surface area contributed by atoms with E-state index < -0.39 is 42.6 Å². The molecule has 0 spiro atoms. The van der Waals surface area contributed by atoms with Crippen LogP contribution in [0, 0.1) is 0 Å². The molecule has 2 atom stereocenters. The molecular formula is C20H28N2O8. The predicted molar refractivity (Wildman–Crippen MR) is 105 cm³/mol. The van der Waals surface area contributed by atoms with Crippen LogP contribution in [0.4, 0.5) is 4.79 Å². The number of aliphatic hydroxyl groups excluding tert-OH is 1. The Morgan fingerprint density at radius 3 is 2.07 bits per heavy atom. The lowest BCUT2D eigenvalue weighted by Gasteiger charge is -2.18. The van der Waals surface area contributed by atoms with Gasteiger partial charge >= 0.3 is 18.0 Å². The molecule has 2 amide bonds. The van der Waals surface area contributed by atoms with Gasteiger partial charge in [0.25, 0.3) is 0 Å². The summed E-state index contributed by atoms with van der Waals surface area (Å²) in [7, 11) is 0. The van der Waals surface area contributed by atoms with Crippen LogP contribution in [0.1, 0.15) is 32.3 Å². The summed E-state index contributed by atoms with van der Waals surface area (Å²) >= 11 is 0. The molecule has 0 bridgehead atoms. The molecule has 2 unspecified atom stereocenters. The third kappa shape index (κ3) is 9.37. The van der Waals surface area contributed by atoms with Crippen molar-refractivity contribution in [3.63, 3.8) is 0 Å². The number of hydrogen-bond acceptors (Lipinski definition) is 8. The van der Waals surface area contributed by atoms with Crippen LogP contribution in [-0.4, -0.2) is 60.9 Å². The third-order valence-electron chi connectivity index (χ3n) is 3.82. The van der Waals surface area contributed by atoms with Gasteiger partial charge in [-0.15, -0.1) is 0 Å². The number of ether oxygens (including phenoxy) is 3. The average molecular weight is 424 g/mol. The molecule has 1 aromatic rings. The monoisotopic (exact) mass is 424 g/mol. The Balaban J connectivity index is 2.58. The Morgan fingerprint density at radius 1 is 0.900 bits per heavy atom. The Kier molecular flexibility index (Phi) is 11.6. The average Bonchev–Trinajstić information content (AvgIpc) is 2.74. The second kappa shape index (κ2) is 13.9. The zero-order valence-corrected chi connectivity index (χ0v) is 17.1. The van der Waals surface area contributed by atoms with Crippen LogP contribution in [0.3, 0.4) is 0 Å². The first-order chi connectivity index (χ1) is 14.4. The Bertz CT molecular complexity index is 695. The number of benzene rings is 1. The number of rotatable bonds is 12. The fraction of sp³-hybridized carbons (Fsp3) is 0.500. The van der Waals surface area contributed by atoms with Gasteiger partial charge in [0.05, 0.1) is 19.8 Å². The van der Waals surface area contributed by atoms with Crippen LogP contribution < -0.4 is 10.6 Å². The van der Waals surface area contributed by atoms with Crippen LogP contribution in [0.5, 0.6) is 0 Å². The molecule has 0 aromatic heterocycles. The van der Waals surface area contributed by atoms with E-state index in [1.807, 2.05) is 6.07 Å². The maximum Gasteiger partial charge on any atom is 0.408 e. The summed E-state index contributed by atoms with van der Waals surface area (Å²) in [5.74, 6) is -2.08. The number of hydrogen-bond donors (Lipinski definition) is 3. The number of carbonyl (C=O) groups excluding carboxylic acids is 4. The highest BCUT2D eigenvalue weighted by atomic mass is 16.6. The highest BCUT2D eigenvalue weighted by molar-refractivity contribution is 5.86. The van der Waals surface area contributed by atoms with Crippen LogP contribution >= 0.6 is 0 Å². The minimum Gasteiger partial charge on any atom is -0.464 e. The lowest BCUT2D eigenvalue weighted by molar-refractivity contribution is -0.149. The fourth-order valence-corrected chi connectivity index (χ4v) is 2.36. The summed E-state index contributed by atoms with van der Waals surface area (Å²) in [6, 6.07) is 6.66. The zero-order chi connectivity index (χ0) is 22.4. The number of carbonyl (C=O) groups is 4.